The molecule has 1 aromatic carbocycles. The number of carboxylic acid groups (broad SMARTS) is 1. The molecule has 2 rings (SSSR count). The standard InChI is InChI=1S/C13H15NO4S/c1-9-4-2-3-5-12(9)19(17,18)14-11-7-6-10(8-11)13(15)16/h2-7,10-11,14H,8H2,1H3,(H,15,16). The van der Waals surface area contributed by atoms with Crippen LogP contribution in [-0.2, 0) is 14.8 Å². The number of aryl methyl sites for hydroxylation is 1. The highest BCUT2D eigenvalue weighted by atomic mass is 32.2. The number of nitrogens with one attached hydrogen (secondary N) is 1. The Bertz CT molecular complexity index is 621. The molecule has 2 unspecified atom stereocenters. The van der Waals surface area contributed by atoms with Crippen LogP contribution in [0.5, 0.6) is 0 Å². The summed E-state index contributed by atoms with van der Waals surface area (Å²) in [6.07, 6.45) is 3.36. The van der Waals surface area contributed by atoms with E-state index in [1.165, 1.54) is 12.1 Å². The second kappa shape index (κ2) is 5.14. The lowest BCUT2D eigenvalue weighted by Gasteiger charge is -2.14. The molecule has 19 heavy (non-hydrogen) atoms. The maximum atomic E-state index is 12.2. The van der Waals surface area contributed by atoms with Crippen LogP contribution in [0.25, 0.3) is 0 Å². The topological polar surface area (TPSA) is 83.5 Å². The van der Waals surface area contributed by atoms with Crippen LogP contribution in [0.1, 0.15) is 12.0 Å². The first-order valence-electron chi connectivity index (χ1n) is 5.89. The van der Waals surface area contributed by atoms with E-state index in [9.17, 15) is 13.2 Å². The molecule has 0 spiro atoms. The minimum atomic E-state index is -3.62. The molecular weight excluding hydrogens is 266 g/mol. The summed E-state index contributed by atoms with van der Waals surface area (Å²) in [4.78, 5) is 11.0. The number of carbonyl (C=O) groups is 1. The highest BCUT2D eigenvalue weighted by Gasteiger charge is 2.28. The molecule has 1 aliphatic carbocycles. The molecule has 0 radical (unpaired) electrons. The van der Waals surface area contributed by atoms with E-state index in [2.05, 4.69) is 4.72 Å². The van der Waals surface area contributed by atoms with Crippen LogP contribution in [0.2, 0.25) is 0 Å². The molecule has 0 saturated carbocycles. The smallest absolute Gasteiger partial charge is 0.310 e. The summed E-state index contributed by atoms with van der Waals surface area (Å²) < 4.78 is 26.9. The fraction of sp³-hybridized carbons (Fsp3) is 0.308. The Morgan fingerprint density at radius 3 is 2.58 bits per heavy atom. The van der Waals surface area contributed by atoms with Crippen LogP contribution < -0.4 is 4.72 Å². The average molecular weight is 281 g/mol. The first-order valence-corrected chi connectivity index (χ1v) is 7.37. The van der Waals surface area contributed by atoms with Gasteiger partial charge in [-0.3, -0.25) is 4.79 Å². The van der Waals surface area contributed by atoms with Crippen LogP contribution in [0.4, 0.5) is 0 Å². The number of rotatable bonds is 4. The van der Waals surface area contributed by atoms with Crippen molar-refractivity contribution in [2.75, 3.05) is 0 Å². The minimum absolute atomic E-state index is 0.224. The molecule has 0 amide bonds. The summed E-state index contributed by atoms with van der Waals surface area (Å²) in [7, 11) is -3.62. The number of aliphatic carboxylic acids is 1. The predicted octanol–water partition coefficient (Wildman–Crippen LogP) is 1.30. The Morgan fingerprint density at radius 1 is 1.32 bits per heavy atom. The summed E-state index contributed by atoms with van der Waals surface area (Å²) in [5.74, 6) is -1.56. The summed E-state index contributed by atoms with van der Waals surface area (Å²) in [6.45, 7) is 1.72. The SMILES string of the molecule is Cc1ccccc1S(=O)(=O)NC1C=CC(C(=O)O)C1. The van der Waals surface area contributed by atoms with Gasteiger partial charge in [0.1, 0.15) is 0 Å². The van der Waals surface area contributed by atoms with Gasteiger partial charge >= 0.3 is 5.97 Å². The molecule has 1 aromatic rings. The van der Waals surface area contributed by atoms with E-state index in [-0.39, 0.29) is 11.3 Å². The molecule has 102 valence electrons. The first-order chi connectivity index (χ1) is 8.90. The molecule has 0 heterocycles. The Labute approximate surface area is 112 Å². The van der Waals surface area contributed by atoms with E-state index in [1.807, 2.05) is 0 Å². The Hall–Kier alpha value is -1.66. The van der Waals surface area contributed by atoms with Crippen molar-refractivity contribution in [1.82, 2.24) is 4.72 Å². The van der Waals surface area contributed by atoms with Crippen molar-refractivity contribution in [2.24, 2.45) is 5.92 Å². The molecule has 5 nitrogen and oxygen atoms in total. The van der Waals surface area contributed by atoms with Gasteiger partial charge in [0, 0.05) is 6.04 Å². The van der Waals surface area contributed by atoms with E-state index in [4.69, 9.17) is 5.11 Å². The Balaban J connectivity index is 2.14. The lowest BCUT2D eigenvalue weighted by molar-refractivity contribution is -0.140. The average Bonchev–Trinajstić information content (AvgIpc) is 2.77. The van der Waals surface area contributed by atoms with Crippen LogP contribution in [0.15, 0.2) is 41.3 Å². The van der Waals surface area contributed by atoms with Crippen molar-refractivity contribution in [3.05, 3.63) is 42.0 Å². The molecule has 0 bridgehead atoms. The zero-order chi connectivity index (χ0) is 14.0. The van der Waals surface area contributed by atoms with Crippen molar-refractivity contribution < 1.29 is 18.3 Å². The normalized spacial score (nSPS) is 22.6. The van der Waals surface area contributed by atoms with Gasteiger partial charge in [0.25, 0.3) is 0 Å². The van der Waals surface area contributed by atoms with Crippen LogP contribution >= 0.6 is 0 Å². The second-order valence-corrected chi connectivity index (χ2v) is 6.24. The van der Waals surface area contributed by atoms with Crippen molar-refractivity contribution in [2.45, 2.75) is 24.3 Å². The van der Waals surface area contributed by atoms with Crippen molar-refractivity contribution in [1.29, 1.82) is 0 Å². The van der Waals surface area contributed by atoms with Gasteiger partial charge < -0.3 is 5.11 Å². The van der Waals surface area contributed by atoms with Crippen molar-refractivity contribution in [3.8, 4) is 0 Å². The van der Waals surface area contributed by atoms with Gasteiger partial charge in [-0.2, -0.15) is 0 Å². The van der Waals surface area contributed by atoms with Gasteiger partial charge in [0.05, 0.1) is 10.8 Å². The third-order valence-corrected chi connectivity index (χ3v) is 4.74. The first kappa shape index (κ1) is 13.8. The van der Waals surface area contributed by atoms with E-state index < -0.39 is 28.0 Å². The van der Waals surface area contributed by atoms with Gasteiger partial charge in [0.15, 0.2) is 0 Å². The van der Waals surface area contributed by atoms with Gasteiger partial charge in [-0.1, -0.05) is 30.4 Å². The van der Waals surface area contributed by atoms with E-state index in [0.29, 0.717) is 5.56 Å². The van der Waals surface area contributed by atoms with Crippen molar-refractivity contribution in [3.63, 3.8) is 0 Å². The molecule has 2 N–H and O–H groups in total. The highest BCUT2D eigenvalue weighted by Crippen LogP contribution is 2.21. The van der Waals surface area contributed by atoms with E-state index in [1.54, 1.807) is 31.2 Å². The quantitative estimate of drug-likeness (QED) is 0.815. The second-order valence-electron chi connectivity index (χ2n) is 4.56. The van der Waals surface area contributed by atoms with Crippen LogP contribution in [0, 0.1) is 12.8 Å². The third-order valence-electron chi connectivity index (χ3n) is 3.09. The van der Waals surface area contributed by atoms with Crippen LogP contribution in [0.3, 0.4) is 0 Å². The van der Waals surface area contributed by atoms with Gasteiger partial charge in [-0.05, 0) is 25.0 Å². The number of hydrogen-bond donors (Lipinski definition) is 2. The third kappa shape index (κ3) is 3.02. The van der Waals surface area contributed by atoms with E-state index in [0.717, 1.165) is 0 Å². The lowest BCUT2D eigenvalue weighted by atomic mass is 10.1. The molecule has 0 aliphatic heterocycles. The molecule has 0 saturated heterocycles. The zero-order valence-electron chi connectivity index (χ0n) is 10.4. The molecular formula is C13H15NO4S. The maximum Gasteiger partial charge on any atom is 0.310 e. The predicted molar refractivity (Wildman–Crippen MR) is 70.2 cm³/mol. The molecule has 0 fully saturated rings. The van der Waals surface area contributed by atoms with Gasteiger partial charge in [-0.15, -0.1) is 0 Å². The van der Waals surface area contributed by atoms with Gasteiger partial charge in [-0.25, -0.2) is 13.1 Å². The molecule has 6 heteroatoms. The lowest BCUT2D eigenvalue weighted by Crippen LogP contribution is -2.33. The monoisotopic (exact) mass is 281 g/mol. The largest absolute Gasteiger partial charge is 0.481 e. The number of sulfonamides is 1. The maximum absolute atomic E-state index is 12.2. The fourth-order valence-electron chi connectivity index (χ4n) is 2.09. The summed E-state index contributed by atoms with van der Waals surface area (Å²) in [5.41, 5.74) is 0.659. The molecule has 2 atom stereocenters. The number of carboxylic acids is 1. The number of hydrogen-bond acceptors (Lipinski definition) is 3. The highest BCUT2D eigenvalue weighted by molar-refractivity contribution is 7.89. The van der Waals surface area contributed by atoms with Crippen LogP contribution in [-0.4, -0.2) is 25.5 Å². The summed E-state index contributed by atoms with van der Waals surface area (Å²) in [5, 5.41) is 8.86. The molecule has 1 aliphatic rings. The summed E-state index contributed by atoms with van der Waals surface area (Å²) in [6, 6.07) is 6.21. The minimum Gasteiger partial charge on any atom is -0.481 e. The van der Waals surface area contributed by atoms with Crippen molar-refractivity contribution >= 4 is 16.0 Å². The fourth-order valence-corrected chi connectivity index (χ4v) is 3.54. The summed E-state index contributed by atoms with van der Waals surface area (Å²) >= 11 is 0. The van der Waals surface area contributed by atoms with Gasteiger partial charge in [0.2, 0.25) is 10.0 Å². The Morgan fingerprint density at radius 2 is 2.00 bits per heavy atom. The Kier molecular flexibility index (Phi) is 3.73. The number of benzene rings is 1. The zero-order valence-corrected chi connectivity index (χ0v) is 11.2. The molecule has 0 aromatic heterocycles. The van der Waals surface area contributed by atoms with E-state index >= 15 is 0 Å².